The molecule has 3 heterocycles. The van der Waals surface area contributed by atoms with Crippen molar-refractivity contribution in [3.05, 3.63) is 47.2 Å². The lowest BCUT2D eigenvalue weighted by Crippen LogP contribution is -2.49. The minimum Gasteiger partial charge on any atom is -0.497 e. The van der Waals surface area contributed by atoms with Gasteiger partial charge in [-0.1, -0.05) is 37.1 Å². The average Bonchev–Trinajstić information content (AvgIpc) is 3.22. The first-order chi connectivity index (χ1) is 15.6. The topological polar surface area (TPSA) is 72.7 Å². The van der Waals surface area contributed by atoms with Crippen molar-refractivity contribution in [2.75, 3.05) is 44.8 Å². The van der Waals surface area contributed by atoms with Crippen LogP contribution in [0.4, 0.5) is 10.5 Å². The molecule has 1 amide bonds. The first-order valence-corrected chi connectivity index (χ1v) is 11.3. The van der Waals surface area contributed by atoms with E-state index in [1.54, 1.807) is 18.2 Å². The number of methoxy groups -OCH3 is 1. The number of nitrogens with zero attached hydrogens (tertiary/aromatic N) is 5. The fraction of sp³-hybridized carbons (Fsp3) is 0.435. The molecule has 0 saturated carbocycles. The van der Waals surface area contributed by atoms with E-state index in [1.165, 1.54) is 0 Å². The lowest BCUT2D eigenvalue weighted by Gasteiger charge is -2.36. The van der Waals surface area contributed by atoms with E-state index in [0.29, 0.717) is 44.4 Å². The number of rotatable bonds is 7. The van der Waals surface area contributed by atoms with Gasteiger partial charge in [0.05, 0.1) is 48.8 Å². The molecular weight excluding hydrogens is 430 g/mol. The van der Waals surface area contributed by atoms with E-state index >= 15 is 0 Å². The van der Waals surface area contributed by atoms with Crippen LogP contribution in [-0.4, -0.2) is 65.7 Å². The molecule has 1 aromatic carbocycles. The summed E-state index contributed by atoms with van der Waals surface area (Å²) >= 11 is 6.56. The predicted molar refractivity (Wildman–Crippen MR) is 125 cm³/mol. The van der Waals surface area contributed by atoms with Gasteiger partial charge in [-0.25, -0.2) is 14.5 Å². The van der Waals surface area contributed by atoms with Crippen molar-refractivity contribution in [3.8, 4) is 5.75 Å². The summed E-state index contributed by atoms with van der Waals surface area (Å²) in [7, 11) is 1.65. The Morgan fingerprint density at radius 2 is 1.88 bits per heavy atom. The van der Waals surface area contributed by atoms with Crippen LogP contribution >= 0.6 is 11.6 Å². The van der Waals surface area contributed by atoms with Crippen LogP contribution in [0.1, 0.15) is 25.3 Å². The van der Waals surface area contributed by atoms with Crippen molar-refractivity contribution in [2.24, 2.45) is 0 Å². The highest BCUT2D eigenvalue weighted by molar-refractivity contribution is 6.34. The second kappa shape index (κ2) is 10.1. The number of piperazine rings is 1. The minimum absolute atomic E-state index is 0.239. The number of aromatic nitrogens is 3. The molecular formula is C23H28ClN5O3. The van der Waals surface area contributed by atoms with Crippen LogP contribution < -0.4 is 9.64 Å². The number of pyridine rings is 1. The molecule has 1 aliphatic rings. The van der Waals surface area contributed by atoms with E-state index in [2.05, 4.69) is 21.9 Å². The van der Waals surface area contributed by atoms with Gasteiger partial charge in [-0.15, -0.1) is 0 Å². The SMILES string of the molecule is CCCCOC(=O)N1CCN(c2c(Cl)cnc3c2cnn3Cc2ccc(OC)cc2)CC1. The lowest BCUT2D eigenvalue weighted by molar-refractivity contribution is 0.0990. The zero-order valence-corrected chi connectivity index (χ0v) is 19.2. The molecule has 0 unspecified atom stereocenters. The number of fused-ring (bicyclic) bond motifs is 1. The van der Waals surface area contributed by atoms with Gasteiger partial charge in [0.15, 0.2) is 5.65 Å². The number of ether oxygens (including phenoxy) is 2. The van der Waals surface area contributed by atoms with Crippen LogP contribution in [0.5, 0.6) is 5.75 Å². The summed E-state index contributed by atoms with van der Waals surface area (Å²) in [6.07, 6.45) is 5.15. The van der Waals surface area contributed by atoms with Gasteiger partial charge >= 0.3 is 6.09 Å². The van der Waals surface area contributed by atoms with Gasteiger partial charge in [-0.05, 0) is 24.1 Å². The Morgan fingerprint density at radius 3 is 2.56 bits per heavy atom. The molecule has 1 aliphatic heterocycles. The maximum atomic E-state index is 12.2. The van der Waals surface area contributed by atoms with Crippen LogP contribution in [0.25, 0.3) is 11.0 Å². The molecule has 0 atom stereocenters. The lowest BCUT2D eigenvalue weighted by atomic mass is 10.2. The van der Waals surface area contributed by atoms with Gasteiger partial charge in [0.25, 0.3) is 0 Å². The van der Waals surface area contributed by atoms with Gasteiger partial charge in [-0.3, -0.25) is 0 Å². The highest BCUT2D eigenvalue weighted by Crippen LogP contribution is 2.34. The number of hydrogen-bond acceptors (Lipinski definition) is 6. The highest BCUT2D eigenvalue weighted by Gasteiger charge is 2.25. The Labute approximate surface area is 192 Å². The molecule has 0 N–H and O–H groups in total. The number of hydrogen-bond donors (Lipinski definition) is 0. The summed E-state index contributed by atoms with van der Waals surface area (Å²) in [5, 5.41) is 6.06. The van der Waals surface area contributed by atoms with E-state index in [1.807, 2.05) is 35.1 Å². The largest absolute Gasteiger partial charge is 0.497 e. The number of benzene rings is 1. The van der Waals surface area contributed by atoms with Gasteiger partial charge in [0, 0.05) is 26.2 Å². The minimum atomic E-state index is -0.239. The first-order valence-electron chi connectivity index (χ1n) is 10.9. The Balaban J connectivity index is 1.49. The van der Waals surface area contributed by atoms with Gasteiger partial charge < -0.3 is 19.3 Å². The fourth-order valence-corrected chi connectivity index (χ4v) is 4.11. The van der Waals surface area contributed by atoms with Crippen molar-refractivity contribution in [2.45, 2.75) is 26.3 Å². The van der Waals surface area contributed by atoms with Crippen LogP contribution in [-0.2, 0) is 11.3 Å². The fourth-order valence-electron chi connectivity index (χ4n) is 3.84. The molecule has 32 heavy (non-hydrogen) atoms. The van der Waals surface area contributed by atoms with Crippen LogP contribution in [0.15, 0.2) is 36.7 Å². The molecule has 8 nitrogen and oxygen atoms in total. The summed E-state index contributed by atoms with van der Waals surface area (Å²) < 4.78 is 12.4. The standard InChI is InChI=1S/C23H28ClN5O3/c1-3-4-13-32-23(30)28-11-9-27(10-12-28)21-19-14-26-29(22(19)25-15-20(21)24)16-17-5-7-18(31-2)8-6-17/h5-8,14-15H,3-4,9-13,16H2,1-2H3. The summed E-state index contributed by atoms with van der Waals surface area (Å²) in [5.74, 6) is 0.819. The second-order valence-electron chi connectivity index (χ2n) is 7.78. The van der Waals surface area contributed by atoms with Gasteiger partial charge in [-0.2, -0.15) is 5.10 Å². The molecule has 170 valence electrons. The van der Waals surface area contributed by atoms with Crippen molar-refractivity contribution in [3.63, 3.8) is 0 Å². The van der Waals surface area contributed by atoms with Crippen LogP contribution in [0, 0.1) is 0 Å². The Hall–Kier alpha value is -3.00. The van der Waals surface area contributed by atoms with E-state index in [0.717, 1.165) is 40.9 Å². The maximum absolute atomic E-state index is 12.2. The molecule has 0 bridgehead atoms. The maximum Gasteiger partial charge on any atom is 0.409 e. The molecule has 0 radical (unpaired) electrons. The normalized spacial score (nSPS) is 14.1. The third kappa shape index (κ3) is 4.75. The molecule has 3 aromatic rings. The number of carbonyl (C=O) groups is 1. The van der Waals surface area contributed by atoms with Crippen LogP contribution in [0.3, 0.4) is 0 Å². The zero-order valence-electron chi connectivity index (χ0n) is 18.5. The summed E-state index contributed by atoms with van der Waals surface area (Å²) in [6, 6.07) is 7.90. The smallest absolute Gasteiger partial charge is 0.409 e. The molecule has 4 rings (SSSR count). The molecule has 9 heteroatoms. The molecule has 1 fully saturated rings. The molecule has 1 saturated heterocycles. The van der Waals surface area contributed by atoms with E-state index in [4.69, 9.17) is 21.1 Å². The number of halogens is 1. The van der Waals surface area contributed by atoms with E-state index in [9.17, 15) is 4.79 Å². The highest BCUT2D eigenvalue weighted by atomic mass is 35.5. The Morgan fingerprint density at radius 1 is 1.12 bits per heavy atom. The summed E-state index contributed by atoms with van der Waals surface area (Å²) in [5.41, 5.74) is 2.79. The van der Waals surface area contributed by atoms with Gasteiger partial charge in [0.1, 0.15) is 5.75 Å². The Kier molecular flexibility index (Phi) is 6.99. The van der Waals surface area contributed by atoms with Crippen molar-refractivity contribution in [1.82, 2.24) is 19.7 Å². The third-order valence-electron chi connectivity index (χ3n) is 5.66. The Bertz CT molecular complexity index is 1060. The van der Waals surface area contributed by atoms with Gasteiger partial charge in [0.2, 0.25) is 0 Å². The first kappa shape index (κ1) is 22.2. The monoisotopic (exact) mass is 457 g/mol. The summed E-state index contributed by atoms with van der Waals surface area (Å²) in [6.45, 7) is 5.66. The van der Waals surface area contributed by atoms with E-state index in [-0.39, 0.29) is 6.09 Å². The average molecular weight is 458 g/mol. The molecule has 0 spiro atoms. The quantitative estimate of drug-likeness (QED) is 0.495. The van der Waals surface area contributed by atoms with Crippen molar-refractivity contribution < 1.29 is 14.3 Å². The third-order valence-corrected chi connectivity index (χ3v) is 5.94. The van der Waals surface area contributed by atoms with Crippen molar-refractivity contribution >= 4 is 34.4 Å². The molecule has 0 aliphatic carbocycles. The number of amides is 1. The summed E-state index contributed by atoms with van der Waals surface area (Å²) in [4.78, 5) is 20.7. The second-order valence-corrected chi connectivity index (χ2v) is 8.19. The van der Waals surface area contributed by atoms with Crippen molar-refractivity contribution in [1.29, 1.82) is 0 Å². The van der Waals surface area contributed by atoms with Crippen LogP contribution in [0.2, 0.25) is 5.02 Å². The van der Waals surface area contributed by atoms with E-state index < -0.39 is 0 Å². The number of anilines is 1. The zero-order chi connectivity index (χ0) is 22.5. The predicted octanol–water partition coefficient (Wildman–Crippen LogP) is 4.20. The number of carbonyl (C=O) groups excluding carboxylic acids is 1. The number of unbranched alkanes of at least 4 members (excludes halogenated alkanes) is 1. The molecule has 2 aromatic heterocycles.